The van der Waals surface area contributed by atoms with Crippen LogP contribution in [0.25, 0.3) is 0 Å². The van der Waals surface area contributed by atoms with Gasteiger partial charge in [0.2, 0.25) is 5.91 Å². The Morgan fingerprint density at radius 3 is 2.38 bits per heavy atom. The van der Waals surface area contributed by atoms with Crippen molar-refractivity contribution in [3.63, 3.8) is 0 Å². The Hall–Kier alpha value is -2.17. The van der Waals surface area contributed by atoms with Crippen LogP contribution >= 0.6 is 0 Å². The van der Waals surface area contributed by atoms with Crippen molar-refractivity contribution in [1.82, 2.24) is 5.32 Å². The summed E-state index contributed by atoms with van der Waals surface area (Å²) in [4.78, 5) is 11.0. The third-order valence-electron chi connectivity index (χ3n) is 3.48. The van der Waals surface area contributed by atoms with E-state index in [-0.39, 0.29) is 12.6 Å². The summed E-state index contributed by atoms with van der Waals surface area (Å²) in [6, 6.07) is 17.9. The van der Waals surface area contributed by atoms with Crippen molar-refractivity contribution in [1.29, 1.82) is 0 Å². The number of hydrogen-bond donors (Lipinski definition) is 3. The molecule has 4 nitrogen and oxygen atoms in total. The molecule has 0 aliphatic rings. The molecular weight excluding hydrogens is 264 g/mol. The van der Waals surface area contributed by atoms with Crippen molar-refractivity contribution < 1.29 is 9.90 Å². The minimum atomic E-state index is -1.19. The van der Waals surface area contributed by atoms with E-state index < -0.39 is 12.0 Å². The minimum Gasteiger partial charge on any atom is -0.382 e. The Morgan fingerprint density at radius 2 is 1.76 bits per heavy atom. The molecule has 0 aliphatic carbocycles. The number of nitrogens with two attached hydrogens (primary N) is 1. The fourth-order valence-electron chi connectivity index (χ4n) is 2.29. The summed E-state index contributed by atoms with van der Waals surface area (Å²) in [6.07, 6.45) is -1.19. The molecular formula is C17H20N2O2. The molecule has 2 aromatic carbocycles. The van der Waals surface area contributed by atoms with Gasteiger partial charge in [0, 0.05) is 6.54 Å². The number of primary amides is 1. The number of aliphatic hydroxyl groups excluding tert-OH is 1. The minimum absolute atomic E-state index is 0.0959. The first-order chi connectivity index (χ1) is 10.1. The fraction of sp³-hybridized carbons (Fsp3) is 0.235. The molecule has 0 aliphatic heterocycles. The molecule has 2 rings (SSSR count). The zero-order valence-corrected chi connectivity index (χ0v) is 12.0. The van der Waals surface area contributed by atoms with E-state index >= 15 is 0 Å². The topological polar surface area (TPSA) is 75.3 Å². The Bertz CT molecular complexity index is 599. The summed E-state index contributed by atoms with van der Waals surface area (Å²) < 4.78 is 0. The van der Waals surface area contributed by atoms with Crippen molar-refractivity contribution in [2.24, 2.45) is 5.73 Å². The number of carbonyl (C=O) groups excluding carboxylic acids is 1. The van der Waals surface area contributed by atoms with Crippen LogP contribution < -0.4 is 11.1 Å². The molecule has 0 spiro atoms. The molecule has 4 N–H and O–H groups in total. The smallest absolute Gasteiger partial charge is 0.247 e. The molecule has 110 valence electrons. The molecule has 2 aromatic rings. The van der Waals surface area contributed by atoms with E-state index in [1.807, 2.05) is 61.5 Å². The van der Waals surface area contributed by atoms with Gasteiger partial charge < -0.3 is 16.2 Å². The average molecular weight is 284 g/mol. The van der Waals surface area contributed by atoms with Crippen LogP contribution in [0.3, 0.4) is 0 Å². The van der Waals surface area contributed by atoms with Gasteiger partial charge >= 0.3 is 0 Å². The van der Waals surface area contributed by atoms with Gasteiger partial charge in [-0.25, -0.2) is 0 Å². The van der Waals surface area contributed by atoms with Gasteiger partial charge in [-0.2, -0.15) is 0 Å². The van der Waals surface area contributed by atoms with Crippen LogP contribution in [0.15, 0.2) is 54.6 Å². The van der Waals surface area contributed by atoms with E-state index in [1.54, 1.807) is 0 Å². The number of carbonyl (C=O) groups is 1. The molecule has 0 bridgehead atoms. The highest BCUT2D eigenvalue weighted by Crippen LogP contribution is 2.24. The van der Waals surface area contributed by atoms with E-state index in [2.05, 4.69) is 5.32 Å². The van der Waals surface area contributed by atoms with Crippen LogP contribution in [0, 0.1) is 6.92 Å². The lowest BCUT2D eigenvalue weighted by atomic mass is 9.95. The molecule has 21 heavy (non-hydrogen) atoms. The van der Waals surface area contributed by atoms with Crippen LogP contribution in [0.1, 0.15) is 22.7 Å². The first kappa shape index (κ1) is 15.2. The molecule has 0 radical (unpaired) electrons. The van der Waals surface area contributed by atoms with Crippen molar-refractivity contribution >= 4 is 5.91 Å². The Balaban J connectivity index is 2.28. The molecule has 4 heteroatoms. The van der Waals surface area contributed by atoms with Crippen LogP contribution in [0.5, 0.6) is 0 Å². The normalized spacial score (nSPS) is 13.6. The third kappa shape index (κ3) is 3.90. The van der Waals surface area contributed by atoms with E-state index in [1.165, 1.54) is 0 Å². The van der Waals surface area contributed by atoms with Crippen molar-refractivity contribution in [2.75, 3.05) is 6.54 Å². The molecule has 0 saturated carbocycles. The number of aryl methyl sites for hydroxylation is 1. The lowest BCUT2D eigenvalue weighted by Gasteiger charge is -2.22. The van der Waals surface area contributed by atoms with E-state index in [4.69, 9.17) is 5.73 Å². The molecule has 0 heterocycles. The van der Waals surface area contributed by atoms with Gasteiger partial charge in [-0.05, 0) is 23.6 Å². The van der Waals surface area contributed by atoms with E-state index in [0.29, 0.717) is 0 Å². The van der Waals surface area contributed by atoms with Gasteiger partial charge in [0.15, 0.2) is 0 Å². The van der Waals surface area contributed by atoms with Gasteiger partial charge in [0.1, 0.15) is 6.10 Å². The lowest BCUT2D eigenvalue weighted by molar-refractivity contribution is -0.125. The summed E-state index contributed by atoms with van der Waals surface area (Å²) >= 11 is 0. The predicted octanol–water partition coefficient (Wildman–Crippen LogP) is 1.52. The van der Waals surface area contributed by atoms with Crippen molar-refractivity contribution in [3.8, 4) is 0 Å². The highest BCUT2D eigenvalue weighted by Gasteiger charge is 2.18. The van der Waals surface area contributed by atoms with Crippen LogP contribution in [-0.2, 0) is 4.79 Å². The number of nitrogens with one attached hydrogen (secondary N) is 1. The van der Waals surface area contributed by atoms with Gasteiger partial charge in [0.05, 0.1) is 6.04 Å². The summed E-state index contributed by atoms with van der Waals surface area (Å²) in [5.74, 6) is -0.723. The SMILES string of the molecule is Cc1ccccc1C(NCC(O)C(N)=O)c1ccccc1. The number of hydrogen-bond acceptors (Lipinski definition) is 3. The number of amides is 1. The van der Waals surface area contributed by atoms with Gasteiger partial charge in [-0.15, -0.1) is 0 Å². The van der Waals surface area contributed by atoms with Crippen LogP contribution in [-0.4, -0.2) is 23.7 Å². The highest BCUT2D eigenvalue weighted by atomic mass is 16.3. The Morgan fingerprint density at radius 1 is 1.14 bits per heavy atom. The predicted molar refractivity (Wildman–Crippen MR) is 82.7 cm³/mol. The first-order valence-electron chi connectivity index (χ1n) is 6.91. The fourth-order valence-corrected chi connectivity index (χ4v) is 2.29. The van der Waals surface area contributed by atoms with Crippen LogP contribution in [0.2, 0.25) is 0 Å². The molecule has 2 unspecified atom stereocenters. The van der Waals surface area contributed by atoms with Crippen molar-refractivity contribution in [3.05, 3.63) is 71.3 Å². The van der Waals surface area contributed by atoms with Gasteiger partial charge in [0.25, 0.3) is 0 Å². The van der Waals surface area contributed by atoms with Crippen LogP contribution in [0.4, 0.5) is 0 Å². The molecule has 0 aromatic heterocycles. The summed E-state index contributed by atoms with van der Waals surface area (Å²) in [5.41, 5.74) is 8.43. The summed E-state index contributed by atoms with van der Waals surface area (Å²) in [7, 11) is 0. The summed E-state index contributed by atoms with van der Waals surface area (Å²) in [6.45, 7) is 2.15. The second-order valence-corrected chi connectivity index (χ2v) is 5.03. The maximum absolute atomic E-state index is 11.0. The largest absolute Gasteiger partial charge is 0.382 e. The maximum atomic E-state index is 11.0. The number of aliphatic hydroxyl groups is 1. The second-order valence-electron chi connectivity index (χ2n) is 5.03. The molecule has 0 fully saturated rings. The zero-order valence-electron chi connectivity index (χ0n) is 12.0. The van der Waals surface area contributed by atoms with E-state index in [0.717, 1.165) is 16.7 Å². The van der Waals surface area contributed by atoms with E-state index in [9.17, 15) is 9.90 Å². The maximum Gasteiger partial charge on any atom is 0.247 e. The number of benzene rings is 2. The molecule has 0 saturated heterocycles. The monoisotopic (exact) mass is 284 g/mol. The highest BCUT2D eigenvalue weighted by molar-refractivity contribution is 5.78. The molecule has 1 amide bonds. The third-order valence-corrected chi connectivity index (χ3v) is 3.48. The second kappa shape index (κ2) is 7.02. The van der Waals surface area contributed by atoms with Crippen molar-refractivity contribution in [2.45, 2.75) is 19.1 Å². The standard InChI is InChI=1S/C17H20N2O2/c1-12-7-5-6-10-14(12)16(13-8-3-2-4-9-13)19-11-15(20)17(18)21/h2-10,15-16,19-20H,11H2,1H3,(H2,18,21). The Labute approximate surface area is 124 Å². The molecule has 2 atom stereocenters. The Kier molecular flexibility index (Phi) is 5.09. The summed E-state index contributed by atoms with van der Waals surface area (Å²) in [5, 5.41) is 12.8. The lowest BCUT2D eigenvalue weighted by Crippen LogP contribution is -2.39. The average Bonchev–Trinajstić information content (AvgIpc) is 2.50. The quantitative estimate of drug-likeness (QED) is 0.753. The number of rotatable bonds is 6. The van der Waals surface area contributed by atoms with Gasteiger partial charge in [-0.1, -0.05) is 54.6 Å². The van der Waals surface area contributed by atoms with Gasteiger partial charge in [-0.3, -0.25) is 4.79 Å². The first-order valence-corrected chi connectivity index (χ1v) is 6.91. The zero-order chi connectivity index (χ0) is 15.2.